The maximum absolute atomic E-state index is 14.3. The summed E-state index contributed by atoms with van der Waals surface area (Å²) < 4.78 is 24.0. The van der Waals surface area contributed by atoms with E-state index in [1.165, 1.54) is 25.2 Å². The van der Waals surface area contributed by atoms with E-state index in [9.17, 15) is 14.0 Å². The average molecular weight is 312 g/mol. The van der Waals surface area contributed by atoms with Gasteiger partial charge in [0.15, 0.2) is 0 Å². The lowest BCUT2D eigenvalue weighted by Crippen LogP contribution is -2.48. The van der Waals surface area contributed by atoms with Crippen LogP contribution in [0.3, 0.4) is 0 Å². The minimum absolute atomic E-state index is 0.00965. The molecule has 1 amide bonds. The molecule has 1 aromatic carbocycles. The predicted octanol–water partition coefficient (Wildman–Crippen LogP) is 1.42. The molecule has 0 aliphatic carbocycles. The van der Waals surface area contributed by atoms with Gasteiger partial charge in [0.2, 0.25) is 0 Å². The van der Waals surface area contributed by atoms with E-state index in [-0.39, 0.29) is 30.1 Å². The number of amides is 1. The molecule has 1 N–H and O–H groups in total. The fourth-order valence-corrected chi connectivity index (χ4v) is 2.36. The highest BCUT2D eigenvalue weighted by Crippen LogP contribution is 2.30. The molecular formula is C14H17FN2O5. The third kappa shape index (κ3) is 3.05. The molecule has 0 aromatic heterocycles. The Morgan fingerprint density at radius 3 is 2.32 bits per heavy atom. The molecule has 1 aliphatic heterocycles. The lowest BCUT2D eigenvalue weighted by molar-refractivity contribution is 0.0596. The van der Waals surface area contributed by atoms with E-state index in [1.54, 1.807) is 4.90 Å². The van der Waals surface area contributed by atoms with Gasteiger partial charge in [-0.1, -0.05) is 0 Å². The lowest BCUT2D eigenvalue weighted by Gasteiger charge is -2.35. The van der Waals surface area contributed by atoms with Gasteiger partial charge in [-0.2, -0.15) is 0 Å². The number of rotatable bonds is 3. The molecule has 7 nitrogen and oxygen atoms in total. The van der Waals surface area contributed by atoms with Crippen LogP contribution in [-0.2, 0) is 4.74 Å². The fraction of sp³-hybridized carbons (Fsp3) is 0.429. The molecule has 0 saturated carbocycles. The number of carbonyl (C=O) groups is 2. The van der Waals surface area contributed by atoms with Gasteiger partial charge < -0.3 is 24.4 Å². The Kier molecular flexibility index (Phi) is 4.69. The third-order valence-corrected chi connectivity index (χ3v) is 3.57. The first kappa shape index (κ1) is 15.9. The molecule has 8 heteroatoms. The smallest absolute Gasteiger partial charge is 0.407 e. The number of nitrogens with zero attached hydrogens (tertiary/aromatic N) is 2. The van der Waals surface area contributed by atoms with E-state index in [2.05, 4.69) is 4.74 Å². The summed E-state index contributed by atoms with van der Waals surface area (Å²) in [6.07, 6.45) is -0.987. The van der Waals surface area contributed by atoms with E-state index >= 15 is 0 Å². The average Bonchev–Trinajstić information content (AvgIpc) is 2.54. The van der Waals surface area contributed by atoms with Crippen molar-refractivity contribution in [2.45, 2.75) is 0 Å². The normalized spacial score (nSPS) is 14.7. The van der Waals surface area contributed by atoms with Gasteiger partial charge in [0.05, 0.1) is 19.9 Å². The van der Waals surface area contributed by atoms with Crippen molar-refractivity contribution in [3.05, 3.63) is 23.5 Å². The maximum Gasteiger partial charge on any atom is 0.407 e. The first-order valence-electron chi connectivity index (χ1n) is 6.66. The lowest BCUT2D eigenvalue weighted by atomic mass is 10.1. The zero-order chi connectivity index (χ0) is 16.3. The van der Waals surface area contributed by atoms with Crippen LogP contribution in [0, 0.1) is 5.82 Å². The van der Waals surface area contributed by atoms with E-state index in [0.717, 1.165) is 6.07 Å². The van der Waals surface area contributed by atoms with Gasteiger partial charge in [0.25, 0.3) is 0 Å². The standard InChI is InChI=1S/C14H17FN2O5/c1-21-12-8-11(10(15)7-9(12)13(18)22-2)16-3-5-17(6-4-16)14(19)20/h7-8H,3-6H2,1-2H3,(H,19,20). The largest absolute Gasteiger partial charge is 0.496 e. The third-order valence-electron chi connectivity index (χ3n) is 3.57. The van der Waals surface area contributed by atoms with Crippen LogP contribution >= 0.6 is 0 Å². The van der Waals surface area contributed by atoms with Crippen LogP contribution in [0.2, 0.25) is 0 Å². The highest BCUT2D eigenvalue weighted by atomic mass is 19.1. The van der Waals surface area contributed by atoms with Gasteiger partial charge in [-0.05, 0) is 6.07 Å². The van der Waals surface area contributed by atoms with Crippen LogP contribution in [-0.4, -0.2) is 62.5 Å². The Balaban J connectivity index is 2.25. The van der Waals surface area contributed by atoms with E-state index in [4.69, 9.17) is 9.84 Å². The Bertz CT molecular complexity index is 585. The summed E-state index contributed by atoms with van der Waals surface area (Å²) in [5, 5.41) is 8.92. The topological polar surface area (TPSA) is 79.3 Å². The Morgan fingerprint density at radius 1 is 1.18 bits per heavy atom. The Labute approximate surface area is 126 Å². The van der Waals surface area contributed by atoms with Crippen LogP contribution in [0.25, 0.3) is 0 Å². The second-order valence-electron chi connectivity index (χ2n) is 4.75. The molecule has 0 spiro atoms. The van der Waals surface area contributed by atoms with Gasteiger partial charge in [0.1, 0.15) is 17.1 Å². The molecule has 2 rings (SSSR count). The summed E-state index contributed by atoms with van der Waals surface area (Å²) in [6, 6.07) is 2.50. The van der Waals surface area contributed by atoms with Crippen molar-refractivity contribution in [1.82, 2.24) is 4.90 Å². The van der Waals surface area contributed by atoms with Crippen LogP contribution in [0.5, 0.6) is 5.75 Å². The van der Waals surface area contributed by atoms with E-state index in [1.807, 2.05) is 0 Å². The van der Waals surface area contributed by atoms with Gasteiger partial charge in [0, 0.05) is 32.2 Å². The summed E-state index contributed by atoms with van der Waals surface area (Å²) in [5.41, 5.74) is 0.282. The van der Waals surface area contributed by atoms with E-state index in [0.29, 0.717) is 13.1 Å². The molecule has 120 valence electrons. The quantitative estimate of drug-likeness (QED) is 0.850. The Morgan fingerprint density at radius 2 is 1.82 bits per heavy atom. The monoisotopic (exact) mass is 312 g/mol. The zero-order valence-corrected chi connectivity index (χ0v) is 12.3. The molecule has 22 heavy (non-hydrogen) atoms. The zero-order valence-electron chi connectivity index (χ0n) is 12.3. The fourth-order valence-electron chi connectivity index (χ4n) is 2.36. The SMILES string of the molecule is COC(=O)c1cc(F)c(N2CCN(C(=O)O)CC2)cc1OC. The number of piperazine rings is 1. The molecule has 0 bridgehead atoms. The molecule has 0 unspecified atom stereocenters. The van der Waals surface area contributed by atoms with Crippen molar-refractivity contribution in [3.63, 3.8) is 0 Å². The van der Waals surface area contributed by atoms with Crippen molar-refractivity contribution >= 4 is 17.7 Å². The molecule has 0 radical (unpaired) electrons. The van der Waals surface area contributed by atoms with Crippen molar-refractivity contribution in [2.75, 3.05) is 45.3 Å². The second kappa shape index (κ2) is 6.50. The van der Waals surface area contributed by atoms with Crippen LogP contribution < -0.4 is 9.64 Å². The van der Waals surface area contributed by atoms with Crippen molar-refractivity contribution < 1.29 is 28.6 Å². The summed E-state index contributed by atoms with van der Waals surface area (Å²) >= 11 is 0. The first-order valence-corrected chi connectivity index (χ1v) is 6.66. The first-order chi connectivity index (χ1) is 10.5. The number of carbonyl (C=O) groups excluding carboxylic acids is 1. The molecule has 1 aromatic rings. The van der Waals surface area contributed by atoms with Crippen molar-refractivity contribution in [2.24, 2.45) is 0 Å². The predicted molar refractivity (Wildman–Crippen MR) is 76.1 cm³/mol. The minimum Gasteiger partial charge on any atom is -0.496 e. The molecule has 1 fully saturated rings. The summed E-state index contributed by atoms with van der Waals surface area (Å²) in [6.45, 7) is 1.31. The van der Waals surface area contributed by atoms with Crippen LogP contribution in [0.15, 0.2) is 12.1 Å². The summed E-state index contributed by atoms with van der Waals surface area (Å²) in [7, 11) is 2.59. The number of halogens is 1. The number of benzene rings is 1. The van der Waals surface area contributed by atoms with Crippen LogP contribution in [0.4, 0.5) is 14.9 Å². The number of anilines is 1. The van der Waals surface area contributed by atoms with E-state index < -0.39 is 17.9 Å². The van der Waals surface area contributed by atoms with Gasteiger partial charge in [-0.15, -0.1) is 0 Å². The minimum atomic E-state index is -0.987. The molecule has 1 saturated heterocycles. The Hall–Kier alpha value is -2.51. The molecular weight excluding hydrogens is 295 g/mol. The number of esters is 1. The van der Waals surface area contributed by atoms with Gasteiger partial charge in [-0.25, -0.2) is 14.0 Å². The highest BCUT2D eigenvalue weighted by Gasteiger charge is 2.25. The number of hydrogen-bond acceptors (Lipinski definition) is 5. The van der Waals surface area contributed by atoms with Crippen LogP contribution in [0.1, 0.15) is 10.4 Å². The number of carboxylic acid groups (broad SMARTS) is 1. The van der Waals surface area contributed by atoms with Crippen molar-refractivity contribution in [1.29, 1.82) is 0 Å². The van der Waals surface area contributed by atoms with Gasteiger partial charge in [-0.3, -0.25) is 0 Å². The van der Waals surface area contributed by atoms with Crippen molar-refractivity contribution in [3.8, 4) is 5.75 Å². The summed E-state index contributed by atoms with van der Waals surface area (Å²) in [4.78, 5) is 25.5. The number of hydrogen-bond donors (Lipinski definition) is 1. The highest BCUT2D eigenvalue weighted by molar-refractivity contribution is 5.93. The summed E-state index contributed by atoms with van der Waals surface area (Å²) in [5.74, 6) is -1.05. The maximum atomic E-state index is 14.3. The number of ether oxygens (including phenoxy) is 2. The molecule has 0 atom stereocenters. The second-order valence-corrected chi connectivity index (χ2v) is 4.75. The number of methoxy groups -OCH3 is 2. The molecule has 1 heterocycles. The molecule has 1 aliphatic rings. The van der Waals surface area contributed by atoms with Gasteiger partial charge >= 0.3 is 12.1 Å².